The number of methoxy groups -OCH3 is 1. The lowest BCUT2D eigenvalue weighted by Crippen LogP contribution is -2.46. The van der Waals surface area contributed by atoms with E-state index in [1.165, 1.54) is 17.7 Å². The van der Waals surface area contributed by atoms with Crippen molar-refractivity contribution >= 4 is 11.8 Å². The Morgan fingerprint density at radius 2 is 2.09 bits per heavy atom. The molecule has 0 saturated carbocycles. The summed E-state index contributed by atoms with van der Waals surface area (Å²) in [5.41, 5.74) is 7.83. The number of hydrogen-bond donors (Lipinski definition) is 2. The molecule has 0 bridgehead atoms. The predicted octanol–water partition coefficient (Wildman–Crippen LogP) is 4.53. The van der Waals surface area contributed by atoms with Crippen LogP contribution >= 0.6 is 0 Å². The molecule has 2 aliphatic rings. The Labute approximate surface area is 204 Å². The number of rotatable bonds is 4. The second-order valence-electron chi connectivity index (χ2n) is 8.44. The molecule has 2 aromatic carbocycles. The lowest BCUT2D eigenvalue weighted by atomic mass is 9.98. The zero-order chi connectivity index (χ0) is 24.8. The summed E-state index contributed by atoms with van der Waals surface area (Å²) >= 11 is 0. The van der Waals surface area contributed by atoms with Gasteiger partial charge in [0.05, 0.1) is 30.5 Å². The van der Waals surface area contributed by atoms with Crippen molar-refractivity contribution in [3.8, 4) is 11.4 Å². The van der Waals surface area contributed by atoms with Crippen LogP contribution in [0.25, 0.3) is 11.8 Å². The Morgan fingerprint density at radius 1 is 1.29 bits per heavy atom. The van der Waals surface area contributed by atoms with Crippen LogP contribution < -0.4 is 10.2 Å². The highest BCUT2D eigenvalue weighted by Gasteiger charge is 2.40. The summed E-state index contributed by atoms with van der Waals surface area (Å²) in [5.74, 6) is 0.610. The number of oxime groups is 1. The molecule has 2 N–H and O–H groups in total. The van der Waals surface area contributed by atoms with Gasteiger partial charge in [0.25, 0.3) is 0 Å². The zero-order valence-corrected chi connectivity index (χ0v) is 20.1. The molecule has 35 heavy (non-hydrogen) atoms. The molecule has 2 atom stereocenters. The third-order valence-electron chi connectivity index (χ3n) is 5.95. The molecule has 0 aliphatic carbocycles. The van der Waals surface area contributed by atoms with Crippen molar-refractivity contribution in [2.24, 2.45) is 5.16 Å². The fraction of sp³-hybridized carbons (Fsp3) is 0.308. The van der Waals surface area contributed by atoms with E-state index in [-0.39, 0.29) is 18.2 Å². The molecule has 0 spiro atoms. The van der Waals surface area contributed by atoms with Crippen molar-refractivity contribution in [3.05, 3.63) is 83.7 Å². The molecule has 8 nitrogen and oxygen atoms in total. The first-order chi connectivity index (χ1) is 17.0. The SMILES string of the molecule is COc1cc(/C=C2\CCCN3C2NO[C@H]3/C(C)=N/O)ccc1-n1cnc(C)c1.Fc1ccccc1. The van der Waals surface area contributed by atoms with Crippen LogP contribution in [0.3, 0.4) is 0 Å². The van der Waals surface area contributed by atoms with Crippen LogP contribution in [0.1, 0.15) is 31.0 Å². The second-order valence-corrected chi connectivity index (χ2v) is 8.44. The highest BCUT2D eigenvalue weighted by molar-refractivity contribution is 5.85. The van der Waals surface area contributed by atoms with Crippen molar-refractivity contribution in [3.63, 3.8) is 0 Å². The summed E-state index contributed by atoms with van der Waals surface area (Å²) < 4.78 is 19.5. The van der Waals surface area contributed by atoms with Crippen molar-refractivity contribution in [2.45, 2.75) is 39.1 Å². The van der Waals surface area contributed by atoms with E-state index in [0.717, 1.165) is 42.1 Å². The Hall–Kier alpha value is -3.53. The van der Waals surface area contributed by atoms with Gasteiger partial charge < -0.3 is 14.5 Å². The number of nitrogens with zero attached hydrogens (tertiary/aromatic N) is 4. The monoisotopic (exact) mass is 479 g/mol. The van der Waals surface area contributed by atoms with Gasteiger partial charge in [0.2, 0.25) is 0 Å². The average molecular weight is 480 g/mol. The van der Waals surface area contributed by atoms with E-state index in [1.807, 2.05) is 29.8 Å². The minimum Gasteiger partial charge on any atom is -0.495 e. The van der Waals surface area contributed by atoms with Gasteiger partial charge in [0, 0.05) is 12.7 Å². The Balaban J connectivity index is 0.000000356. The third-order valence-corrected chi connectivity index (χ3v) is 5.95. The first kappa shape index (κ1) is 24.6. The third kappa shape index (κ3) is 5.76. The van der Waals surface area contributed by atoms with Gasteiger partial charge in [-0.25, -0.2) is 9.37 Å². The van der Waals surface area contributed by atoms with Crippen LogP contribution in [-0.4, -0.2) is 51.4 Å². The number of aryl methyl sites for hydroxylation is 1. The summed E-state index contributed by atoms with van der Waals surface area (Å²) in [7, 11) is 1.68. The molecule has 9 heteroatoms. The molecule has 2 saturated heterocycles. The van der Waals surface area contributed by atoms with Gasteiger partial charge in [-0.05, 0) is 62.1 Å². The van der Waals surface area contributed by atoms with E-state index in [0.29, 0.717) is 5.71 Å². The van der Waals surface area contributed by atoms with Gasteiger partial charge in [-0.2, -0.15) is 5.48 Å². The molecule has 1 aromatic heterocycles. The topological polar surface area (TPSA) is 84.1 Å². The number of benzene rings is 2. The smallest absolute Gasteiger partial charge is 0.175 e. The van der Waals surface area contributed by atoms with Gasteiger partial charge in [-0.1, -0.05) is 35.5 Å². The fourth-order valence-electron chi connectivity index (χ4n) is 4.24. The largest absolute Gasteiger partial charge is 0.495 e. The zero-order valence-electron chi connectivity index (χ0n) is 20.1. The summed E-state index contributed by atoms with van der Waals surface area (Å²) in [4.78, 5) is 12.1. The average Bonchev–Trinajstić information content (AvgIpc) is 3.51. The molecule has 0 amide bonds. The predicted molar refractivity (Wildman–Crippen MR) is 132 cm³/mol. The van der Waals surface area contributed by atoms with Crippen molar-refractivity contribution < 1.29 is 19.2 Å². The number of aromatic nitrogens is 2. The van der Waals surface area contributed by atoms with E-state index in [4.69, 9.17) is 14.8 Å². The first-order valence-corrected chi connectivity index (χ1v) is 11.5. The highest BCUT2D eigenvalue weighted by Crippen LogP contribution is 2.31. The summed E-state index contributed by atoms with van der Waals surface area (Å²) in [5, 5.41) is 12.4. The van der Waals surface area contributed by atoms with Crippen LogP contribution in [0.4, 0.5) is 4.39 Å². The number of hydrogen-bond acceptors (Lipinski definition) is 7. The molecule has 2 fully saturated rings. The maximum atomic E-state index is 11.9. The van der Waals surface area contributed by atoms with E-state index < -0.39 is 0 Å². The Morgan fingerprint density at radius 3 is 2.71 bits per heavy atom. The normalized spacial score (nSPS) is 21.4. The van der Waals surface area contributed by atoms with Crippen LogP contribution in [0, 0.1) is 12.7 Å². The van der Waals surface area contributed by atoms with Crippen molar-refractivity contribution in [1.29, 1.82) is 0 Å². The van der Waals surface area contributed by atoms with Crippen LogP contribution in [0.2, 0.25) is 0 Å². The van der Waals surface area contributed by atoms with Gasteiger partial charge in [0.1, 0.15) is 17.7 Å². The molecular weight excluding hydrogens is 449 g/mol. The number of halogens is 1. The van der Waals surface area contributed by atoms with Crippen LogP contribution in [0.15, 0.2) is 71.8 Å². The molecule has 0 radical (unpaired) electrons. The quantitative estimate of drug-likeness (QED) is 0.325. The number of ether oxygens (including phenoxy) is 1. The molecule has 3 heterocycles. The fourth-order valence-corrected chi connectivity index (χ4v) is 4.24. The van der Waals surface area contributed by atoms with E-state index in [1.54, 1.807) is 38.6 Å². The molecular formula is C26H30FN5O3. The van der Waals surface area contributed by atoms with Gasteiger partial charge >= 0.3 is 0 Å². The Bertz CT molecular complexity index is 1190. The Kier molecular flexibility index (Phi) is 7.91. The lowest BCUT2D eigenvalue weighted by Gasteiger charge is -2.32. The van der Waals surface area contributed by atoms with Crippen LogP contribution in [-0.2, 0) is 4.84 Å². The van der Waals surface area contributed by atoms with Crippen molar-refractivity contribution in [2.75, 3.05) is 13.7 Å². The molecule has 3 aromatic rings. The van der Waals surface area contributed by atoms with Crippen molar-refractivity contribution in [1.82, 2.24) is 19.9 Å². The molecule has 2 aliphatic heterocycles. The van der Waals surface area contributed by atoms with Crippen LogP contribution in [0.5, 0.6) is 5.75 Å². The molecule has 1 unspecified atom stereocenters. The standard InChI is InChI=1S/C20H25N5O3.C6H5F/c1-13-11-24(12-21-13)17-7-6-15(10-18(17)27-3)9-16-5-4-8-25-19(16)23-28-20(25)14(2)22-26;7-6-4-2-1-3-5-6/h6-7,9-12,19-20,23,26H,4-5,8H2,1-3H3;1-5H/b16-9+,22-14+;/t19?,20-;/m0./s1. The maximum Gasteiger partial charge on any atom is 0.175 e. The lowest BCUT2D eigenvalue weighted by molar-refractivity contribution is 0.0348. The minimum atomic E-state index is -0.347. The number of imidazole rings is 1. The van der Waals surface area contributed by atoms with Gasteiger partial charge in [-0.15, -0.1) is 0 Å². The number of fused-ring (bicyclic) bond motifs is 1. The second kappa shape index (κ2) is 11.3. The number of piperidine rings is 1. The van der Waals surface area contributed by atoms with E-state index >= 15 is 0 Å². The minimum absolute atomic E-state index is 0.0302. The number of hydroxylamine groups is 1. The molecule has 5 rings (SSSR count). The highest BCUT2D eigenvalue weighted by atomic mass is 19.1. The van der Waals surface area contributed by atoms with Gasteiger partial charge in [-0.3, -0.25) is 9.74 Å². The van der Waals surface area contributed by atoms with E-state index in [2.05, 4.69) is 32.7 Å². The van der Waals surface area contributed by atoms with E-state index in [9.17, 15) is 4.39 Å². The molecule has 184 valence electrons. The summed E-state index contributed by atoms with van der Waals surface area (Å²) in [6, 6.07) is 14.1. The number of nitrogens with one attached hydrogen (secondary N) is 1. The first-order valence-electron chi connectivity index (χ1n) is 11.5. The summed E-state index contributed by atoms with van der Waals surface area (Å²) in [6.45, 7) is 4.60. The van der Waals surface area contributed by atoms with Gasteiger partial charge in [0.15, 0.2) is 6.23 Å². The summed E-state index contributed by atoms with van der Waals surface area (Å²) in [6.07, 6.45) is 7.55. The maximum absolute atomic E-state index is 11.9.